The van der Waals surface area contributed by atoms with Gasteiger partial charge in [0.25, 0.3) is 0 Å². The number of ether oxygens (including phenoxy) is 1. The van der Waals surface area contributed by atoms with Crippen molar-refractivity contribution in [3.63, 3.8) is 0 Å². The van der Waals surface area contributed by atoms with Gasteiger partial charge in [-0.1, -0.05) is 6.92 Å². The van der Waals surface area contributed by atoms with Crippen LogP contribution in [0.2, 0.25) is 0 Å². The molecule has 1 fully saturated rings. The van der Waals surface area contributed by atoms with Gasteiger partial charge in [-0.2, -0.15) is 12.7 Å². The summed E-state index contributed by atoms with van der Waals surface area (Å²) in [6.07, 6.45) is 0.325. The Kier molecular flexibility index (Phi) is 6.70. The van der Waals surface area contributed by atoms with Crippen LogP contribution in [0.5, 0.6) is 0 Å². The van der Waals surface area contributed by atoms with E-state index in [0.717, 1.165) is 25.9 Å². The Morgan fingerprint density at radius 2 is 1.95 bits per heavy atom. The molecule has 0 bridgehead atoms. The van der Waals surface area contributed by atoms with Crippen molar-refractivity contribution in [3.05, 3.63) is 0 Å². The van der Waals surface area contributed by atoms with Crippen LogP contribution in [0.4, 0.5) is 4.79 Å². The summed E-state index contributed by atoms with van der Waals surface area (Å²) in [5.41, 5.74) is 0. The number of carbonyl (C=O) groups is 1. The lowest BCUT2D eigenvalue weighted by molar-refractivity contribution is 0.120. The van der Waals surface area contributed by atoms with Gasteiger partial charge in [0.2, 0.25) is 0 Å². The molecule has 118 valence electrons. The Morgan fingerprint density at radius 1 is 1.35 bits per heavy atom. The zero-order chi connectivity index (χ0) is 15.2. The number of hydrogen-bond donors (Lipinski definition) is 2. The Bertz CT molecular complexity index is 403. The van der Waals surface area contributed by atoms with Crippen LogP contribution in [0.1, 0.15) is 33.6 Å². The lowest BCUT2D eigenvalue weighted by Gasteiger charge is -2.31. The summed E-state index contributed by atoms with van der Waals surface area (Å²) in [6.45, 7) is 8.07. The SMILES string of the molecule is CCNCC1CCN(S(=O)(=O)NC(=O)OC(C)C)CC1. The molecule has 1 heterocycles. The van der Waals surface area contributed by atoms with E-state index in [1.54, 1.807) is 13.8 Å². The van der Waals surface area contributed by atoms with E-state index in [-0.39, 0.29) is 6.10 Å². The largest absolute Gasteiger partial charge is 0.446 e. The normalized spacial score (nSPS) is 18.2. The standard InChI is InChI=1S/C12H25N3O4S/c1-4-13-9-11-5-7-15(8-6-11)20(17,18)14-12(16)19-10(2)3/h10-11,13H,4-9H2,1-3H3,(H,14,16). The summed E-state index contributed by atoms with van der Waals surface area (Å²) in [7, 11) is -3.78. The smallest absolute Gasteiger partial charge is 0.422 e. The van der Waals surface area contributed by atoms with Crippen molar-refractivity contribution in [1.29, 1.82) is 0 Å². The summed E-state index contributed by atoms with van der Waals surface area (Å²) in [4.78, 5) is 11.4. The first kappa shape index (κ1) is 17.2. The first-order valence-electron chi connectivity index (χ1n) is 7.04. The highest BCUT2D eigenvalue weighted by atomic mass is 32.2. The number of rotatable bonds is 6. The average Bonchev–Trinajstić information content (AvgIpc) is 2.35. The molecule has 1 rings (SSSR count). The fraction of sp³-hybridized carbons (Fsp3) is 0.917. The van der Waals surface area contributed by atoms with Crippen LogP contribution in [0.3, 0.4) is 0 Å². The van der Waals surface area contributed by atoms with Gasteiger partial charge in [-0.15, -0.1) is 0 Å². The first-order chi connectivity index (χ1) is 9.35. The monoisotopic (exact) mass is 307 g/mol. The molecule has 0 aromatic heterocycles. The summed E-state index contributed by atoms with van der Waals surface area (Å²) < 4.78 is 32.0. The third kappa shape index (κ3) is 5.64. The molecule has 1 amide bonds. The molecule has 1 aliphatic rings. The van der Waals surface area contributed by atoms with Gasteiger partial charge in [-0.05, 0) is 45.7 Å². The van der Waals surface area contributed by atoms with Gasteiger partial charge in [0, 0.05) is 13.1 Å². The molecule has 0 saturated carbocycles. The fourth-order valence-electron chi connectivity index (χ4n) is 2.11. The molecule has 0 unspecified atom stereocenters. The first-order valence-corrected chi connectivity index (χ1v) is 8.48. The summed E-state index contributed by atoms with van der Waals surface area (Å²) in [6, 6.07) is 0. The Hall–Kier alpha value is -0.860. The highest BCUT2D eigenvalue weighted by molar-refractivity contribution is 7.87. The van der Waals surface area contributed by atoms with Gasteiger partial charge in [-0.25, -0.2) is 9.52 Å². The van der Waals surface area contributed by atoms with E-state index in [0.29, 0.717) is 19.0 Å². The van der Waals surface area contributed by atoms with Gasteiger partial charge < -0.3 is 10.1 Å². The molecule has 0 radical (unpaired) electrons. The number of amides is 1. The van der Waals surface area contributed by atoms with Crippen molar-refractivity contribution in [2.75, 3.05) is 26.2 Å². The van der Waals surface area contributed by atoms with Gasteiger partial charge in [0.05, 0.1) is 6.10 Å². The number of piperidine rings is 1. The Balaban J connectivity index is 2.44. The summed E-state index contributed by atoms with van der Waals surface area (Å²) in [5.74, 6) is 0.490. The molecular weight excluding hydrogens is 282 g/mol. The Labute approximate surface area is 121 Å². The van der Waals surface area contributed by atoms with E-state index in [4.69, 9.17) is 4.74 Å². The second-order valence-electron chi connectivity index (χ2n) is 5.21. The molecule has 1 aliphatic heterocycles. The van der Waals surface area contributed by atoms with Crippen LogP contribution in [-0.4, -0.2) is 51.1 Å². The maximum atomic E-state index is 12.0. The van der Waals surface area contributed by atoms with Crippen LogP contribution < -0.4 is 10.0 Å². The Morgan fingerprint density at radius 3 is 2.45 bits per heavy atom. The fourth-order valence-corrected chi connectivity index (χ4v) is 3.19. The van der Waals surface area contributed by atoms with Crippen LogP contribution in [0, 0.1) is 5.92 Å². The van der Waals surface area contributed by atoms with E-state index in [1.165, 1.54) is 4.31 Å². The van der Waals surface area contributed by atoms with E-state index < -0.39 is 16.3 Å². The van der Waals surface area contributed by atoms with Gasteiger partial charge in [0.1, 0.15) is 0 Å². The highest BCUT2D eigenvalue weighted by Crippen LogP contribution is 2.18. The van der Waals surface area contributed by atoms with Crippen LogP contribution in [-0.2, 0) is 14.9 Å². The number of nitrogens with one attached hydrogen (secondary N) is 2. The second-order valence-corrected chi connectivity index (χ2v) is 6.88. The second kappa shape index (κ2) is 7.80. The van der Waals surface area contributed by atoms with E-state index >= 15 is 0 Å². The van der Waals surface area contributed by atoms with Crippen molar-refractivity contribution < 1.29 is 17.9 Å². The molecule has 0 spiro atoms. The van der Waals surface area contributed by atoms with Crippen molar-refractivity contribution in [2.45, 2.75) is 39.7 Å². The van der Waals surface area contributed by atoms with Crippen LogP contribution in [0.25, 0.3) is 0 Å². The minimum Gasteiger partial charge on any atom is -0.446 e. The number of nitrogens with zero attached hydrogens (tertiary/aromatic N) is 1. The maximum absolute atomic E-state index is 12.0. The van der Waals surface area contributed by atoms with E-state index in [1.807, 2.05) is 11.6 Å². The van der Waals surface area contributed by atoms with Gasteiger partial charge in [0.15, 0.2) is 0 Å². The molecule has 0 aromatic carbocycles. The maximum Gasteiger partial charge on any atom is 0.422 e. The molecule has 0 aliphatic carbocycles. The minimum absolute atomic E-state index is 0.351. The summed E-state index contributed by atoms with van der Waals surface area (Å²) >= 11 is 0. The molecule has 2 N–H and O–H groups in total. The minimum atomic E-state index is -3.78. The zero-order valence-electron chi connectivity index (χ0n) is 12.4. The molecule has 7 nitrogen and oxygen atoms in total. The molecular formula is C12H25N3O4S. The van der Waals surface area contributed by atoms with Crippen LogP contribution >= 0.6 is 0 Å². The third-order valence-electron chi connectivity index (χ3n) is 3.15. The van der Waals surface area contributed by atoms with E-state index in [2.05, 4.69) is 5.32 Å². The topological polar surface area (TPSA) is 87.7 Å². The van der Waals surface area contributed by atoms with Crippen molar-refractivity contribution in [3.8, 4) is 0 Å². The van der Waals surface area contributed by atoms with Crippen molar-refractivity contribution in [2.24, 2.45) is 5.92 Å². The lowest BCUT2D eigenvalue weighted by Crippen LogP contribution is -2.48. The predicted molar refractivity (Wildman–Crippen MR) is 76.5 cm³/mol. The zero-order valence-corrected chi connectivity index (χ0v) is 13.2. The molecule has 0 atom stereocenters. The predicted octanol–water partition coefficient (Wildman–Crippen LogP) is 0.687. The van der Waals surface area contributed by atoms with Gasteiger partial charge in [-0.3, -0.25) is 0 Å². The average molecular weight is 307 g/mol. The van der Waals surface area contributed by atoms with Gasteiger partial charge >= 0.3 is 16.3 Å². The molecule has 0 aromatic rings. The molecule has 20 heavy (non-hydrogen) atoms. The highest BCUT2D eigenvalue weighted by Gasteiger charge is 2.29. The van der Waals surface area contributed by atoms with Crippen molar-refractivity contribution >= 4 is 16.3 Å². The number of carbonyl (C=O) groups excluding carboxylic acids is 1. The lowest BCUT2D eigenvalue weighted by atomic mass is 9.98. The summed E-state index contributed by atoms with van der Waals surface area (Å²) in [5, 5.41) is 3.27. The number of hydrogen-bond acceptors (Lipinski definition) is 5. The van der Waals surface area contributed by atoms with Crippen molar-refractivity contribution in [1.82, 2.24) is 14.3 Å². The third-order valence-corrected chi connectivity index (χ3v) is 4.62. The molecule has 8 heteroatoms. The van der Waals surface area contributed by atoms with E-state index in [9.17, 15) is 13.2 Å². The van der Waals surface area contributed by atoms with Crippen LogP contribution in [0.15, 0.2) is 0 Å². The molecule has 1 saturated heterocycles. The quantitative estimate of drug-likeness (QED) is 0.754.